The molecule has 2 aromatic rings. The van der Waals surface area contributed by atoms with Gasteiger partial charge in [-0.2, -0.15) is 0 Å². The van der Waals surface area contributed by atoms with Gasteiger partial charge in [0.1, 0.15) is 11.5 Å². The monoisotopic (exact) mass is 254 g/mol. The maximum absolute atomic E-state index is 6.08. The topological polar surface area (TPSA) is 25.4 Å². The fourth-order valence-corrected chi connectivity index (χ4v) is 2.65. The Kier molecular flexibility index (Phi) is 2.12. The summed E-state index contributed by atoms with van der Waals surface area (Å²) >= 11 is 0. The van der Waals surface area contributed by atoms with Crippen molar-refractivity contribution in [1.82, 2.24) is 0 Å². The lowest BCUT2D eigenvalue weighted by molar-refractivity contribution is -0.880. The van der Waals surface area contributed by atoms with Crippen molar-refractivity contribution < 1.29 is 18.6 Å². The fourth-order valence-electron chi connectivity index (χ4n) is 2.65. The first kappa shape index (κ1) is 10.6. The lowest BCUT2D eigenvalue weighted by Gasteiger charge is -2.14. The molecule has 2 aliphatic rings. The van der Waals surface area contributed by atoms with E-state index in [1.54, 1.807) is 7.11 Å². The minimum absolute atomic E-state index is 0.0721. The summed E-state index contributed by atoms with van der Waals surface area (Å²) < 4.78 is 15.7. The summed E-state index contributed by atoms with van der Waals surface area (Å²) in [6, 6.07) is 12.1. The zero-order valence-corrected chi connectivity index (χ0v) is 10.6. The second-order valence-corrected chi connectivity index (χ2v) is 4.75. The first-order valence-electron chi connectivity index (χ1n) is 6.29. The van der Waals surface area contributed by atoms with Gasteiger partial charge in [0.25, 0.3) is 5.69 Å². The molecule has 0 bridgehead atoms. The van der Waals surface area contributed by atoms with Crippen LogP contribution in [0.4, 0.5) is 0 Å². The first-order chi connectivity index (χ1) is 9.35. The van der Waals surface area contributed by atoms with Crippen molar-refractivity contribution in [1.29, 1.82) is 0 Å². The minimum atomic E-state index is -0.0721. The number of nitrogens with zero attached hydrogens (tertiary/aromatic N) is 2. The molecular weight excluding hydrogens is 240 g/mol. The summed E-state index contributed by atoms with van der Waals surface area (Å²) in [6.45, 7) is 0.863. The molecule has 4 heteroatoms. The molecule has 94 valence electrons. The molecule has 3 heterocycles. The number of hydrogen-bond donors (Lipinski definition) is 0. The number of hydrogen-bond acceptors (Lipinski definition) is 2. The normalized spacial score (nSPS) is 18.8. The Morgan fingerprint density at radius 2 is 2.21 bits per heavy atom. The van der Waals surface area contributed by atoms with Gasteiger partial charge in [-0.1, -0.05) is 4.57 Å². The van der Waals surface area contributed by atoms with E-state index in [1.165, 1.54) is 5.69 Å². The molecule has 0 saturated carbocycles. The van der Waals surface area contributed by atoms with Crippen LogP contribution in [0.25, 0.3) is 0 Å². The third-order valence-corrected chi connectivity index (χ3v) is 3.60. The Hall–Kier alpha value is -2.36. The van der Waals surface area contributed by atoms with E-state index >= 15 is 0 Å². The smallest absolute Gasteiger partial charge is 0.497 e. The van der Waals surface area contributed by atoms with Gasteiger partial charge in [-0.15, -0.1) is 4.58 Å². The summed E-state index contributed by atoms with van der Waals surface area (Å²) in [5.41, 5.74) is 2.31. The van der Waals surface area contributed by atoms with Crippen LogP contribution in [0.1, 0.15) is 17.6 Å². The molecule has 1 aromatic heterocycles. The van der Waals surface area contributed by atoms with E-state index in [2.05, 4.69) is 33.7 Å². The van der Waals surface area contributed by atoms with Crippen LogP contribution >= 0.6 is 0 Å². The highest BCUT2D eigenvalue weighted by Gasteiger charge is 2.45. The van der Waals surface area contributed by atoms with Gasteiger partial charge in [0, 0.05) is 12.1 Å². The highest BCUT2D eigenvalue weighted by molar-refractivity contribution is 5.81. The quantitative estimate of drug-likeness (QED) is 0.720. The summed E-state index contributed by atoms with van der Waals surface area (Å²) in [6.07, 6.45) is 4.12. The van der Waals surface area contributed by atoms with E-state index in [4.69, 9.17) is 9.47 Å². The van der Waals surface area contributed by atoms with Crippen LogP contribution in [-0.4, -0.2) is 17.9 Å². The van der Waals surface area contributed by atoms with Gasteiger partial charge in [-0.05, 0) is 24.3 Å². The van der Waals surface area contributed by atoms with Crippen LogP contribution in [0.5, 0.6) is 11.5 Å². The minimum Gasteiger partial charge on any atom is -0.497 e. The molecular formula is C15H14N2O2+2. The molecule has 0 saturated heterocycles. The molecule has 4 nitrogen and oxygen atoms in total. The molecule has 0 spiro atoms. The van der Waals surface area contributed by atoms with E-state index in [-0.39, 0.29) is 6.35 Å². The van der Waals surface area contributed by atoms with Gasteiger partial charge in [0.05, 0.1) is 12.7 Å². The predicted octanol–water partition coefficient (Wildman–Crippen LogP) is 1.48. The van der Waals surface area contributed by atoms with E-state index in [0.29, 0.717) is 0 Å². The van der Waals surface area contributed by atoms with Crippen molar-refractivity contribution in [3.63, 3.8) is 0 Å². The average molecular weight is 254 g/mol. The maximum Gasteiger partial charge on any atom is 0.512 e. The van der Waals surface area contributed by atoms with E-state index < -0.39 is 0 Å². The summed E-state index contributed by atoms with van der Waals surface area (Å²) in [4.78, 5) is 0. The van der Waals surface area contributed by atoms with Gasteiger partial charge in [-0.25, -0.2) is 0 Å². The molecule has 0 fully saturated rings. The van der Waals surface area contributed by atoms with E-state index in [1.807, 2.05) is 24.3 Å². The van der Waals surface area contributed by atoms with Crippen molar-refractivity contribution in [2.24, 2.45) is 0 Å². The van der Waals surface area contributed by atoms with Crippen LogP contribution < -0.4 is 14.0 Å². The van der Waals surface area contributed by atoms with Gasteiger partial charge in [0.2, 0.25) is 6.54 Å². The summed E-state index contributed by atoms with van der Waals surface area (Å²) in [5, 5.41) is 0. The Bertz CT molecular complexity index is 694. The first-order valence-corrected chi connectivity index (χ1v) is 6.29. The number of fused-ring (bicyclic) bond motifs is 4. The van der Waals surface area contributed by atoms with Gasteiger partial charge in [0.15, 0.2) is 12.4 Å². The third-order valence-electron chi connectivity index (χ3n) is 3.60. The Balaban J connectivity index is 1.81. The largest absolute Gasteiger partial charge is 0.512 e. The van der Waals surface area contributed by atoms with Crippen LogP contribution in [0.2, 0.25) is 0 Å². The van der Waals surface area contributed by atoms with Crippen LogP contribution in [0.15, 0.2) is 42.6 Å². The highest BCUT2D eigenvalue weighted by atomic mass is 16.5. The maximum atomic E-state index is 6.08. The number of rotatable bonds is 1. The summed E-state index contributed by atoms with van der Waals surface area (Å²) in [5.74, 6) is 1.74. The number of benzene rings is 1. The fraction of sp³-hybridized carbons (Fsp3) is 0.200. The molecule has 2 aliphatic heterocycles. The number of methoxy groups -OCH3 is 1. The zero-order valence-electron chi connectivity index (χ0n) is 10.6. The van der Waals surface area contributed by atoms with E-state index in [9.17, 15) is 0 Å². The molecule has 1 atom stereocenters. The van der Waals surface area contributed by atoms with Gasteiger partial charge in [-0.3, -0.25) is 0 Å². The lowest BCUT2D eigenvalue weighted by atomic mass is 10.2. The number of pyridine rings is 1. The van der Waals surface area contributed by atoms with Crippen molar-refractivity contribution in [3.05, 3.63) is 53.9 Å². The molecule has 1 unspecified atom stereocenters. The number of ether oxygens (including phenoxy) is 2. The lowest BCUT2D eigenvalue weighted by Crippen LogP contribution is -2.45. The second kappa shape index (κ2) is 3.82. The van der Waals surface area contributed by atoms with Crippen molar-refractivity contribution in [2.75, 3.05) is 7.11 Å². The Morgan fingerprint density at radius 3 is 3.11 bits per heavy atom. The average Bonchev–Trinajstić information content (AvgIpc) is 2.81. The SMILES string of the molecule is COc1ccc2c(c1)C=[N+]1Cc3cccc[n+]3C1O2. The molecule has 4 rings (SSSR count). The van der Waals surface area contributed by atoms with Crippen LogP contribution in [-0.2, 0) is 6.54 Å². The van der Waals surface area contributed by atoms with Crippen molar-refractivity contribution in [3.8, 4) is 11.5 Å². The third kappa shape index (κ3) is 1.53. The Labute approximate surface area is 111 Å². The standard InChI is InChI=1S/C15H14N2O2/c1-18-13-5-6-14-11(8-13)9-16-10-12-4-2-3-7-17(12)15(16)19-14/h2-9,15H,10H2,1H3/q+2. The van der Waals surface area contributed by atoms with Gasteiger partial charge >= 0.3 is 6.35 Å². The molecule has 0 radical (unpaired) electrons. The van der Waals surface area contributed by atoms with Crippen molar-refractivity contribution in [2.45, 2.75) is 12.9 Å². The van der Waals surface area contributed by atoms with Crippen LogP contribution in [0, 0.1) is 0 Å². The summed E-state index contributed by atoms with van der Waals surface area (Å²) in [7, 11) is 1.68. The highest BCUT2D eigenvalue weighted by Crippen LogP contribution is 2.30. The van der Waals surface area contributed by atoms with Crippen molar-refractivity contribution >= 4 is 6.21 Å². The van der Waals surface area contributed by atoms with E-state index in [0.717, 1.165) is 23.6 Å². The number of aromatic nitrogens is 1. The second-order valence-electron chi connectivity index (χ2n) is 4.75. The van der Waals surface area contributed by atoms with Gasteiger partial charge < -0.3 is 9.47 Å². The molecule has 19 heavy (non-hydrogen) atoms. The molecule has 0 amide bonds. The molecule has 0 aliphatic carbocycles. The molecule has 0 N–H and O–H groups in total. The Morgan fingerprint density at radius 1 is 1.26 bits per heavy atom. The van der Waals surface area contributed by atoms with Crippen LogP contribution in [0.3, 0.4) is 0 Å². The zero-order chi connectivity index (χ0) is 12.8. The molecule has 1 aromatic carbocycles. The predicted molar refractivity (Wildman–Crippen MR) is 68.4 cm³/mol.